The molecule has 0 atom stereocenters. The second-order valence-electron chi connectivity index (χ2n) is 8.99. The van der Waals surface area contributed by atoms with E-state index in [1.54, 1.807) is 26.6 Å². The van der Waals surface area contributed by atoms with Gasteiger partial charge in [-0.15, -0.1) is 11.3 Å². The Morgan fingerprint density at radius 3 is 2.73 bits per heavy atom. The molecule has 0 radical (unpaired) electrons. The molecule has 0 unspecified atom stereocenters. The van der Waals surface area contributed by atoms with E-state index in [1.165, 1.54) is 29.6 Å². The predicted molar refractivity (Wildman–Crippen MR) is 151 cm³/mol. The zero-order valence-corrected chi connectivity index (χ0v) is 22.7. The van der Waals surface area contributed by atoms with Gasteiger partial charge in [-0.3, -0.25) is 4.99 Å². The molecule has 9 nitrogen and oxygen atoms in total. The number of rotatable bonds is 6. The van der Waals surface area contributed by atoms with E-state index in [-0.39, 0.29) is 5.97 Å². The van der Waals surface area contributed by atoms with Crippen LogP contribution in [-0.2, 0) is 4.74 Å². The van der Waals surface area contributed by atoms with Crippen molar-refractivity contribution in [1.82, 2.24) is 10.2 Å². The smallest absolute Gasteiger partial charge is 0.350 e. The third-order valence-corrected chi connectivity index (χ3v) is 7.49. The van der Waals surface area contributed by atoms with Crippen LogP contribution in [0.5, 0.6) is 5.75 Å². The van der Waals surface area contributed by atoms with Crippen molar-refractivity contribution in [3.8, 4) is 5.75 Å². The zero-order chi connectivity index (χ0) is 26.4. The van der Waals surface area contributed by atoms with Gasteiger partial charge in [0.2, 0.25) is 5.96 Å². The summed E-state index contributed by atoms with van der Waals surface area (Å²) in [5.74, 6) is 1.38. The van der Waals surface area contributed by atoms with E-state index in [4.69, 9.17) is 14.5 Å². The lowest BCUT2D eigenvalue weighted by molar-refractivity contribution is 0.0607. The summed E-state index contributed by atoms with van der Waals surface area (Å²) in [6, 6.07) is 6.10. The molecule has 196 valence electrons. The summed E-state index contributed by atoms with van der Waals surface area (Å²) in [6.07, 6.45) is 7.73. The molecule has 0 amide bonds. The highest BCUT2D eigenvalue weighted by Crippen LogP contribution is 2.36. The van der Waals surface area contributed by atoms with Crippen molar-refractivity contribution >= 4 is 40.4 Å². The number of piperidine rings is 1. The minimum absolute atomic E-state index is 0.377. The number of anilines is 2. The molecule has 2 aliphatic heterocycles. The van der Waals surface area contributed by atoms with Gasteiger partial charge in [0.15, 0.2) is 0 Å². The lowest BCUT2D eigenvalue weighted by atomic mass is 9.86. The van der Waals surface area contributed by atoms with Crippen LogP contribution in [0.3, 0.4) is 0 Å². The van der Waals surface area contributed by atoms with Gasteiger partial charge in [0.05, 0.1) is 37.0 Å². The number of likely N-dealkylation sites (tertiary alicyclic amines) is 1. The van der Waals surface area contributed by atoms with E-state index in [0.717, 1.165) is 43.1 Å². The molecule has 1 fully saturated rings. The van der Waals surface area contributed by atoms with Crippen molar-refractivity contribution in [1.29, 1.82) is 0 Å². The molecule has 1 aromatic heterocycles. The first-order valence-electron chi connectivity index (χ1n) is 12.2. The standard InChI is InChI=1S/C27H34N6O3S/c1-17-14-22(24(35-4)15-19(17)18-7-11-33(3)12-8-18)32-27(28-2)31-20-6-10-29-23(20)16-30-21-9-13-37-25(21)26(34)36-5/h6,9-10,13-16,18,29-30H,7-8,11-12H2,1-5H3,(H,28,32)/b23-16-,31-20-. The number of benzene rings is 1. The Bertz CT molecular complexity index is 1250. The number of methoxy groups -OCH3 is 2. The van der Waals surface area contributed by atoms with Crippen LogP contribution in [0.4, 0.5) is 11.4 Å². The maximum absolute atomic E-state index is 12.0. The number of nitrogens with zero attached hydrogens (tertiary/aromatic N) is 3. The van der Waals surface area contributed by atoms with Crippen LogP contribution in [0.1, 0.15) is 39.6 Å². The summed E-state index contributed by atoms with van der Waals surface area (Å²) in [5.41, 5.74) is 5.49. The van der Waals surface area contributed by atoms with Crippen LogP contribution in [0, 0.1) is 6.92 Å². The monoisotopic (exact) mass is 522 g/mol. The Morgan fingerprint density at radius 2 is 2.03 bits per heavy atom. The molecule has 1 saturated heterocycles. The van der Waals surface area contributed by atoms with Crippen molar-refractivity contribution in [2.45, 2.75) is 25.7 Å². The molecule has 0 saturated carbocycles. The maximum atomic E-state index is 12.0. The molecule has 1 aromatic carbocycles. The van der Waals surface area contributed by atoms with Gasteiger partial charge in [-0.05, 0) is 86.6 Å². The summed E-state index contributed by atoms with van der Waals surface area (Å²) >= 11 is 1.32. The third kappa shape index (κ3) is 6.20. The van der Waals surface area contributed by atoms with Gasteiger partial charge in [0, 0.05) is 19.4 Å². The van der Waals surface area contributed by atoms with Gasteiger partial charge in [-0.2, -0.15) is 0 Å². The highest BCUT2D eigenvalue weighted by molar-refractivity contribution is 7.12. The first-order valence-corrected chi connectivity index (χ1v) is 13.1. The average molecular weight is 523 g/mol. The highest BCUT2D eigenvalue weighted by Gasteiger charge is 2.22. The average Bonchev–Trinajstić information content (AvgIpc) is 3.56. The minimum atomic E-state index is -0.377. The number of guanidine groups is 1. The second-order valence-corrected chi connectivity index (χ2v) is 9.91. The van der Waals surface area contributed by atoms with E-state index in [2.05, 4.69) is 51.9 Å². The number of aliphatic imine (C=N–C) groups is 2. The predicted octanol–water partition coefficient (Wildman–Crippen LogP) is 4.57. The minimum Gasteiger partial charge on any atom is -0.495 e. The lowest BCUT2D eigenvalue weighted by Gasteiger charge is -2.30. The highest BCUT2D eigenvalue weighted by atomic mass is 32.1. The summed E-state index contributed by atoms with van der Waals surface area (Å²) in [7, 11) is 6.93. The van der Waals surface area contributed by atoms with Crippen LogP contribution in [0.15, 0.2) is 57.7 Å². The van der Waals surface area contributed by atoms with Crippen molar-refractivity contribution in [3.05, 3.63) is 63.8 Å². The Balaban J connectivity index is 1.51. The molecule has 2 aromatic rings. The van der Waals surface area contributed by atoms with Gasteiger partial charge in [-0.1, -0.05) is 0 Å². The number of hydrogen-bond acceptors (Lipinski definition) is 8. The van der Waals surface area contributed by atoms with Gasteiger partial charge in [-0.25, -0.2) is 9.79 Å². The zero-order valence-electron chi connectivity index (χ0n) is 21.9. The number of ether oxygens (including phenoxy) is 2. The van der Waals surface area contributed by atoms with E-state index >= 15 is 0 Å². The Kier molecular flexibility index (Phi) is 8.62. The number of nitrogens with one attached hydrogen (secondary N) is 3. The fourth-order valence-corrected chi connectivity index (χ4v) is 5.28. The molecule has 3 N–H and O–H groups in total. The van der Waals surface area contributed by atoms with Gasteiger partial charge in [0.25, 0.3) is 0 Å². The summed E-state index contributed by atoms with van der Waals surface area (Å²) in [5, 5.41) is 11.5. The number of carbonyl (C=O) groups is 1. The molecule has 10 heteroatoms. The molecule has 0 bridgehead atoms. The van der Waals surface area contributed by atoms with Gasteiger partial charge < -0.3 is 30.3 Å². The normalized spacial score (nSPS) is 18.8. The van der Waals surface area contributed by atoms with E-state index in [1.807, 2.05) is 17.5 Å². The molecular weight excluding hydrogens is 488 g/mol. The van der Waals surface area contributed by atoms with Crippen molar-refractivity contribution in [3.63, 3.8) is 0 Å². The Labute approximate surface area is 222 Å². The van der Waals surface area contributed by atoms with E-state index in [0.29, 0.717) is 28.2 Å². The van der Waals surface area contributed by atoms with Crippen LogP contribution in [-0.4, -0.2) is 63.9 Å². The van der Waals surface area contributed by atoms with E-state index in [9.17, 15) is 4.79 Å². The quantitative estimate of drug-likeness (QED) is 0.290. The van der Waals surface area contributed by atoms with E-state index < -0.39 is 0 Å². The topological polar surface area (TPSA) is 99.6 Å². The molecular formula is C27H34N6O3S. The lowest BCUT2D eigenvalue weighted by Crippen LogP contribution is -2.29. The number of esters is 1. The van der Waals surface area contributed by atoms with Crippen LogP contribution >= 0.6 is 11.3 Å². The van der Waals surface area contributed by atoms with Crippen molar-refractivity contribution in [2.75, 3.05) is 52.0 Å². The molecule has 2 aliphatic rings. The number of aryl methyl sites for hydroxylation is 1. The van der Waals surface area contributed by atoms with Crippen LogP contribution in [0.2, 0.25) is 0 Å². The first kappa shape index (κ1) is 26.4. The fourth-order valence-electron chi connectivity index (χ4n) is 4.51. The maximum Gasteiger partial charge on any atom is 0.350 e. The number of carbonyl (C=O) groups excluding carboxylic acids is 1. The van der Waals surface area contributed by atoms with Crippen LogP contribution < -0.4 is 20.7 Å². The largest absolute Gasteiger partial charge is 0.495 e. The van der Waals surface area contributed by atoms with Gasteiger partial charge >= 0.3 is 5.97 Å². The molecule has 0 spiro atoms. The molecule has 4 rings (SSSR count). The fraction of sp³-hybridized carbons (Fsp3) is 0.370. The third-order valence-electron chi connectivity index (χ3n) is 6.60. The first-order chi connectivity index (χ1) is 17.9. The Morgan fingerprint density at radius 1 is 1.24 bits per heavy atom. The van der Waals surface area contributed by atoms with Crippen molar-refractivity contribution < 1.29 is 14.3 Å². The summed E-state index contributed by atoms with van der Waals surface area (Å²) in [4.78, 5) is 23.9. The van der Waals surface area contributed by atoms with Crippen LogP contribution in [0.25, 0.3) is 0 Å². The molecule has 37 heavy (non-hydrogen) atoms. The summed E-state index contributed by atoms with van der Waals surface area (Å²) < 4.78 is 10.6. The van der Waals surface area contributed by atoms with Crippen molar-refractivity contribution in [2.24, 2.45) is 9.98 Å². The molecule has 0 aliphatic carbocycles. The molecule has 3 heterocycles. The second kappa shape index (κ2) is 12.1. The van der Waals surface area contributed by atoms with Gasteiger partial charge in [0.1, 0.15) is 10.6 Å². The number of thiophene rings is 1. The number of allylic oxidation sites excluding steroid dienone is 1. The SMILES string of the molecule is C\N=C(/N=C1/C=CN/C1=C\Nc1ccsc1C(=O)OC)Nc1cc(C)c(C2CCN(C)CC2)cc1OC. The Hall–Kier alpha value is -3.63. The number of hydrogen-bond donors (Lipinski definition) is 3. The summed E-state index contributed by atoms with van der Waals surface area (Å²) in [6.45, 7) is 4.37.